The second kappa shape index (κ2) is 3.55. The highest BCUT2D eigenvalue weighted by Gasteiger charge is 2.19. The van der Waals surface area contributed by atoms with E-state index in [1.165, 1.54) is 10.8 Å². The van der Waals surface area contributed by atoms with Crippen LogP contribution < -0.4 is 4.74 Å². The van der Waals surface area contributed by atoms with Crippen molar-refractivity contribution < 1.29 is 9.47 Å². The molecule has 2 aromatic carbocycles. The van der Waals surface area contributed by atoms with Crippen molar-refractivity contribution in [2.45, 2.75) is 6.10 Å². The lowest BCUT2D eigenvalue weighted by Gasteiger charge is -2.26. The largest absolute Gasteiger partial charge is 0.486 e. The molecule has 0 amide bonds. The Bertz CT molecular complexity index is 475. The van der Waals surface area contributed by atoms with Crippen LogP contribution >= 0.6 is 0 Å². The molecule has 76 valence electrons. The fraction of sp³-hybridized carbons (Fsp3) is 0.231. The Labute approximate surface area is 88.4 Å². The smallest absolute Gasteiger partial charge is 0.145 e. The third-order valence-corrected chi connectivity index (χ3v) is 2.63. The van der Waals surface area contributed by atoms with Gasteiger partial charge >= 0.3 is 0 Å². The van der Waals surface area contributed by atoms with Gasteiger partial charge < -0.3 is 9.47 Å². The van der Waals surface area contributed by atoms with Crippen LogP contribution in [0.4, 0.5) is 0 Å². The summed E-state index contributed by atoms with van der Waals surface area (Å²) in [6.07, 6.45) is 0.242. The van der Waals surface area contributed by atoms with Crippen molar-refractivity contribution in [1.29, 1.82) is 0 Å². The van der Waals surface area contributed by atoms with E-state index in [-0.39, 0.29) is 6.10 Å². The molecular formula is C13H12O2. The summed E-state index contributed by atoms with van der Waals surface area (Å²) in [5.41, 5.74) is 0. The predicted molar refractivity (Wildman–Crippen MR) is 59.2 cm³/mol. The van der Waals surface area contributed by atoms with Gasteiger partial charge in [-0.3, -0.25) is 0 Å². The quantitative estimate of drug-likeness (QED) is 0.741. The molecule has 1 aliphatic rings. The Hall–Kier alpha value is -1.54. The minimum atomic E-state index is 0.242. The SMILES string of the molecule is c1ccc2cc(OC3COC3)ccc2c1. The molecule has 1 saturated heterocycles. The molecule has 1 aliphatic heterocycles. The van der Waals surface area contributed by atoms with E-state index in [1.807, 2.05) is 18.2 Å². The van der Waals surface area contributed by atoms with Crippen LogP contribution in [0.2, 0.25) is 0 Å². The molecule has 0 N–H and O–H groups in total. The Morgan fingerprint density at radius 3 is 2.53 bits per heavy atom. The average Bonchev–Trinajstić information content (AvgIpc) is 2.23. The highest BCUT2D eigenvalue weighted by molar-refractivity contribution is 5.83. The van der Waals surface area contributed by atoms with Gasteiger partial charge in [-0.05, 0) is 22.9 Å². The van der Waals surface area contributed by atoms with Crippen LogP contribution in [0.1, 0.15) is 0 Å². The maximum atomic E-state index is 5.73. The van der Waals surface area contributed by atoms with Gasteiger partial charge in [-0.15, -0.1) is 0 Å². The highest BCUT2D eigenvalue weighted by atomic mass is 16.6. The van der Waals surface area contributed by atoms with Crippen LogP contribution in [-0.4, -0.2) is 19.3 Å². The summed E-state index contributed by atoms with van der Waals surface area (Å²) in [5.74, 6) is 0.932. The van der Waals surface area contributed by atoms with Crippen LogP contribution in [0.25, 0.3) is 10.8 Å². The first-order valence-corrected chi connectivity index (χ1v) is 5.15. The van der Waals surface area contributed by atoms with E-state index in [0.717, 1.165) is 5.75 Å². The maximum absolute atomic E-state index is 5.73. The minimum Gasteiger partial charge on any atom is -0.486 e. The predicted octanol–water partition coefficient (Wildman–Crippen LogP) is 2.62. The van der Waals surface area contributed by atoms with E-state index < -0.39 is 0 Å². The molecule has 3 rings (SSSR count). The van der Waals surface area contributed by atoms with Crippen LogP contribution in [0.15, 0.2) is 42.5 Å². The number of benzene rings is 2. The Kier molecular flexibility index (Phi) is 2.07. The normalized spacial score (nSPS) is 16.3. The second-order valence-corrected chi connectivity index (χ2v) is 3.79. The topological polar surface area (TPSA) is 18.5 Å². The molecule has 0 aromatic heterocycles. The molecule has 1 fully saturated rings. The molecular weight excluding hydrogens is 188 g/mol. The average molecular weight is 200 g/mol. The first-order chi connectivity index (χ1) is 7.42. The molecule has 0 atom stereocenters. The number of rotatable bonds is 2. The Balaban J connectivity index is 1.91. The molecule has 0 aliphatic carbocycles. The zero-order valence-electron chi connectivity index (χ0n) is 8.35. The van der Waals surface area contributed by atoms with Crippen molar-refractivity contribution >= 4 is 10.8 Å². The van der Waals surface area contributed by atoms with Gasteiger partial charge in [0.05, 0.1) is 13.2 Å². The number of ether oxygens (including phenoxy) is 2. The summed E-state index contributed by atoms with van der Waals surface area (Å²) in [6.45, 7) is 1.43. The molecule has 2 heteroatoms. The van der Waals surface area contributed by atoms with Gasteiger partial charge in [0.2, 0.25) is 0 Å². The van der Waals surface area contributed by atoms with Crippen molar-refractivity contribution in [2.24, 2.45) is 0 Å². The van der Waals surface area contributed by atoms with Crippen LogP contribution in [0.5, 0.6) is 5.75 Å². The molecule has 1 heterocycles. The fourth-order valence-corrected chi connectivity index (χ4v) is 1.72. The van der Waals surface area contributed by atoms with Gasteiger partial charge in [0.15, 0.2) is 0 Å². The number of fused-ring (bicyclic) bond motifs is 1. The summed E-state index contributed by atoms with van der Waals surface area (Å²) in [4.78, 5) is 0. The van der Waals surface area contributed by atoms with E-state index >= 15 is 0 Å². The second-order valence-electron chi connectivity index (χ2n) is 3.79. The number of hydrogen-bond donors (Lipinski definition) is 0. The van der Waals surface area contributed by atoms with Crippen LogP contribution in [0.3, 0.4) is 0 Å². The standard InChI is InChI=1S/C13H12O2/c1-2-4-11-7-12(6-5-10(11)3-1)15-13-8-14-9-13/h1-7,13H,8-9H2. The van der Waals surface area contributed by atoms with Crippen molar-refractivity contribution in [3.05, 3.63) is 42.5 Å². The van der Waals surface area contributed by atoms with Crippen molar-refractivity contribution in [3.63, 3.8) is 0 Å². The third kappa shape index (κ3) is 1.68. The summed E-state index contributed by atoms with van der Waals surface area (Å²) in [6, 6.07) is 14.5. The first kappa shape index (κ1) is 8.74. The van der Waals surface area contributed by atoms with Crippen molar-refractivity contribution in [2.75, 3.05) is 13.2 Å². The van der Waals surface area contributed by atoms with Crippen LogP contribution in [0, 0.1) is 0 Å². The van der Waals surface area contributed by atoms with E-state index in [4.69, 9.17) is 9.47 Å². The molecule has 0 radical (unpaired) electrons. The molecule has 0 spiro atoms. The fourth-order valence-electron chi connectivity index (χ4n) is 1.72. The number of hydrogen-bond acceptors (Lipinski definition) is 2. The van der Waals surface area contributed by atoms with Gasteiger partial charge in [-0.2, -0.15) is 0 Å². The van der Waals surface area contributed by atoms with Crippen molar-refractivity contribution in [3.8, 4) is 5.75 Å². The van der Waals surface area contributed by atoms with Gasteiger partial charge in [0, 0.05) is 0 Å². The van der Waals surface area contributed by atoms with Gasteiger partial charge in [0.25, 0.3) is 0 Å². The van der Waals surface area contributed by atoms with E-state index in [0.29, 0.717) is 13.2 Å². The zero-order chi connectivity index (χ0) is 10.1. The zero-order valence-corrected chi connectivity index (χ0v) is 8.35. The Morgan fingerprint density at radius 1 is 1.00 bits per heavy atom. The van der Waals surface area contributed by atoms with Crippen LogP contribution in [-0.2, 0) is 4.74 Å². The maximum Gasteiger partial charge on any atom is 0.145 e. The summed E-state index contributed by atoms with van der Waals surface area (Å²) in [5, 5.41) is 2.46. The third-order valence-electron chi connectivity index (χ3n) is 2.63. The summed E-state index contributed by atoms with van der Waals surface area (Å²) < 4.78 is 10.8. The molecule has 15 heavy (non-hydrogen) atoms. The lowest BCUT2D eigenvalue weighted by Crippen LogP contribution is -2.38. The van der Waals surface area contributed by atoms with Gasteiger partial charge in [-0.25, -0.2) is 0 Å². The molecule has 2 aromatic rings. The van der Waals surface area contributed by atoms with Gasteiger partial charge in [0.1, 0.15) is 11.9 Å². The lowest BCUT2D eigenvalue weighted by atomic mass is 10.1. The van der Waals surface area contributed by atoms with E-state index in [2.05, 4.69) is 24.3 Å². The molecule has 2 nitrogen and oxygen atoms in total. The molecule has 0 bridgehead atoms. The monoisotopic (exact) mass is 200 g/mol. The van der Waals surface area contributed by atoms with E-state index in [9.17, 15) is 0 Å². The summed E-state index contributed by atoms with van der Waals surface area (Å²) in [7, 11) is 0. The first-order valence-electron chi connectivity index (χ1n) is 5.15. The molecule has 0 unspecified atom stereocenters. The Morgan fingerprint density at radius 2 is 1.80 bits per heavy atom. The van der Waals surface area contributed by atoms with E-state index in [1.54, 1.807) is 0 Å². The van der Waals surface area contributed by atoms with Crippen molar-refractivity contribution in [1.82, 2.24) is 0 Å². The van der Waals surface area contributed by atoms with Gasteiger partial charge in [-0.1, -0.05) is 30.3 Å². The minimum absolute atomic E-state index is 0.242. The highest BCUT2D eigenvalue weighted by Crippen LogP contribution is 2.22. The summed E-state index contributed by atoms with van der Waals surface area (Å²) >= 11 is 0. The molecule has 0 saturated carbocycles. The lowest BCUT2D eigenvalue weighted by molar-refractivity contribution is -0.0796.